The van der Waals surface area contributed by atoms with E-state index in [4.69, 9.17) is 10.00 Å². The maximum Gasteiger partial charge on any atom is 0.132 e. The quantitative estimate of drug-likeness (QED) is 0.230. The van der Waals surface area contributed by atoms with Crippen LogP contribution in [0.3, 0.4) is 0 Å². The first kappa shape index (κ1) is 22.1. The standard InChI is InChI=1S/C36H21NOS/c37-22-23-13-15-24(16-14-23)34-19-20-35(39-34)25-17-18-33-31(21-25)36(30-11-5-6-12-32(30)38-33)28-9-3-1-7-26(28)27-8-2-4-10-29(27)36/h1-21H. The molecule has 2 aliphatic rings. The molecule has 0 bridgehead atoms. The van der Waals surface area contributed by atoms with Crippen LogP contribution in [0.2, 0.25) is 0 Å². The Kier molecular flexibility index (Phi) is 4.70. The third kappa shape index (κ3) is 3.07. The van der Waals surface area contributed by atoms with Crippen LogP contribution in [0.1, 0.15) is 27.8 Å². The summed E-state index contributed by atoms with van der Waals surface area (Å²) >= 11 is 1.77. The summed E-state index contributed by atoms with van der Waals surface area (Å²) in [5.74, 6) is 1.80. The molecule has 0 N–H and O–H groups in total. The summed E-state index contributed by atoms with van der Waals surface area (Å²) in [6.07, 6.45) is 0. The van der Waals surface area contributed by atoms with Crippen molar-refractivity contribution in [3.8, 4) is 49.6 Å². The van der Waals surface area contributed by atoms with Crippen molar-refractivity contribution >= 4 is 11.3 Å². The molecular weight excluding hydrogens is 494 g/mol. The zero-order valence-electron chi connectivity index (χ0n) is 20.9. The molecule has 182 valence electrons. The van der Waals surface area contributed by atoms with E-state index < -0.39 is 5.41 Å². The van der Waals surface area contributed by atoms with Crippen LogP contribution in [0.4, 0.5) is 0 Å². The molecular formula is C36H21NOS. The van der Waals surface area contributed by atoms with Crippen molar-refractivity contribution < 1.29 is 4.74 Å². The molecule has 8 rings (SSSR count). The molecule has 0 fully saturated rings. The van der Waals surface area contributed by atoms with E-state index in [0.717, 1.165) is 17.1 Å². The van der Waals surface area contributed by atoms with Crippen molar-refractivity contribution in [1.82, 2.24) is 0 Å². The van der Waals surface area contributed by atoms with Gasteiger partial charge in [0.25, 0.3) is 0 Å². The predicted octanol–water partition coefficient (Wildman–Crippen LogP) is 9.42. The summed E-state index contributed by atoms with van der Waals surface area (Å²) < 4.78 is 6.56. The normalized spacial score (nSPS) is 13.5. The summed E-state index contributed by atoms with van der Waals surface area (Å²) in [5, 5.41) is 9.16. The smallest absolute Gasteiger partial charge is 0.132 e. The van der Waals surface area contributed by atoms with Crippen LogP contribution in [0.5, 0.6) is 11.5 Å². The van der Waals surface area contributed by atoms with E-state index in [2.05, 4.69) is 109 Å². The molecule has 1 aliphatic carbocycles. The van der Waals surface area contributed by atoms with Gasteiger partial charge >= 0.3 is 0 Å². The summed E-state index contributed by atoms with van der Waals surface area (Å²) in [7, 11) is 0. The Bertz CT molecular complexity index is 1910. The number of hydrogen-bond donors (Lipinski definition) is 0. The van der Waals surface area contributed by atoms with Crippen molar-refractivity contribution in [2.45, 2.75) is 5.41 Å². The Balaban J connectivity index is 1.36. The number of thiophene rings is 1. The molecule has 2 nitrogen and oxygen atoms in total. The second-order valence-corrected chi connectivity index (χ2v) is 11.1. The lowest BCUT2D eigenvalue weighted by molar-refractivity contribution is 0.436. The van der Waals surface area contributed by atoms with Gasteiger partial charge in [0, 0.05) is 20.9 Å². The maximum absolute atomic E-state index is 9.16. The third-order valence-electron chi connectivity index (χ3n) is 8.04. The zero-order chi connectivity index (χ0) is 26.0. The van der Waals surface area contributed by atoms with E-state index in [1.165, 1.54) is 48.7 Å². The van der Waals surface area contributed by atoms with Crippen LogP contribution >= 0.6 is 11.3 Å². The number of nitrogens with zero attached hydrogens (tertiary/aromatic N) is 1. The summed E-state index contributed by atoms with van der Waals surface area (Å²) in [4.78, 5) is 2.38. The second-order valence-electron chi connectivity index (χ2n) is 10.0. The zero-order valence-corrected chi connectivity index (χ0v) is 21.7. The highest BCUT2D eigenvalue weighted by Crippen LogP contribution is 2.62. The lowest BCUT2D eigenvalue weighted by atomic mass is 9.66. The summed E-state index contributed by atoms with van der Waals surface area (Å²) in [6.45, 7) is 0. The van der Waals surface area contributed by atoms with Crippen molar-refractivity contribution in [2.24, 2.45) is 0 Å². The molecule has 1 aliphatic heterocycles. The third-order valence-corrected chi connectivity index (χ3v) is 9.22. The van der Waals surface area contributed by atoms with E-state index in [0.29, 0.717) is 5.56 Å². The average molecular weight is 516 g/mol. The predicted molar refractivity (Wildman–Crippen MR) is 157 cm³/mol. The van der Waals surface area contributed by atoms with Gasteiger partial charge in [-0.1, -0.05) is 78.9 Å². The fourth-order valence-electron chi connectivity index (χ4n) is 6.37. The van der Waals surface area contributed by atoms with Gasteiger partial charge in [0.2, 0.25) is 0 Å². The largest absolute Gasteiger partial charge is 0.457 e. The van der Waals surface area contributed by atoms with Gasteiger partial charge in [-0.3, -0.25) is 0 Å². The Hall–Kier alpha value is -4.91. The molecule has 0 unspecified atom stereocenters. The summed E-state index contributed by atoms with van der Waals surface area (Å²) in [5.41, 5.74) is 10.0. The molecule has 2 heterocycles. The Morgan fingerprint density at radius 1 is 0.538 bits per heavy atom. The fraction of sp³-hybridized carbons (Fsp3) is 0.0278. The minimum absolute atomic E-state index is 0.458. The molecule has 0 saturated carbocycles. The van der Waals surface area contributed by atoms with Crippen molar-refractivity contribution in [1.29, 1.82) is 5.26 Å². The molecule has 0 saturated heterocycles. The van der Waals surface area contributed by atoms with E-state index >= 15 is 0 Å². The van der Waals surface area contributed by atoms with Crippen molar-refractivity contribution in [3.63, 3.8) is 0 Å². The van der Waals surface area contributed by atoms with Gasteiger partial charge in [0.15, 0.2) is 0 Å². The first-order chi connectivity index (χ1) is 19.3. The topological polar surface area (TPSA) is 33.0 Å². The van der Waals surface area contributed by atoms with Gasteiger partial charge in [-0.05, 0) is 81.9 Å². The minimum Gasteiger partial charge on any atom is -0.457 e. The number of hydrogen-bond acceptors (Lipinski definition) is 3. The highest BCUT2D eigenvalue weighted by molar-refractivity contribution is 7.18. The minimum atomic E-state index is -0.458. The maximum atomic E-state index is 9.16. The first-order valence-electron chi connectivity index (χ1n) is 13.0. The van der Waals surface area contributed by atoms with Gasteiger partial charge < -0.3 is 4.74 Å². The summed E-state index contributed by atoms with van der Waals surface area (Å²) in [6, 6.07) is 47.1. The molecule has 6 aromatic rings. The van der Waals surface area contributed by atoms with Crippen LogP contribution in [-0.4, -0.2) is 0 Å². The molecule has 0 atom stereocenters. The van der Waals surface area contributed by atoms with Crippen LogP contribution in [0, 0.1) is 11.3 Å². The number of ether oxygens (including phenoxy) is 1. The molecule has 0 amide bonds. The van der Waals surface area contributed by atoms with Crippen molar-refractivity contribution in [3.05, 3.63) is 155 Å². The Labute approximate surface area is 231 Å². The first-order valence-corrected chi connectivity index (χ1v) is 13.8. The lowest BCUT2D eigenvalue weighted by Gasteiger charge is -2.39. The number of para-hydroxylation sites is 1. The second kappa shape index (κ2) is 8.30. The molecule has 1 aromatic heterocycles. The van der Waals surface area contributed by atoms with E-state index in [1.807, 2.05) is 24.3 Å². The number of benzene rings is 5. The lowest BCUT2D eigenvalue weighted by Crippen LogP contribution is -2.32. The highest BCUT2D eigenvalue weighted by Gasteiger charge is 2.50. The van der Waals surface area contributed by atoms with Gasteiger partial charge in [-0.25, -0.2) is 0 Å². The highest BCUT2D eigenvalue weighted by atomic mass is 32.1. The van der Waals surface area contributed by atoms with Crippen LogP contribution in [-0.2, 0) is 5.41 Å². The Morgan fingerprint density at radius 3 is 1.79 bits per heavy atom. The number of rotatable bonds is 2. The molecule has 1 spiro atoms. The van der Waals surface area contributed by atoms with Gasteiger partial charge in [0.05, 0.1) is 17.0 Å². The molecule has 5 aromatic carbocycles. The van der Waals surface area contributed by atoms with Crippen LogP contribution in [0.15, 0.2) is 127 Å². The van der Waals surface area contributed by atoms with Gasteiger partial charge in [0.1, 0.15) is 11.5 Å². The van der Waals surface area contributed by atoms with E-state index in [-0.39, 0.29) is 0 Å². The molecule has 0 radical (unpaired) electrons. The SMILES string of the molecule is N#Cc1ccc(-c2ccc(-c3ccc4c(c3)C3(c5ccccc5O4)c4ccccc4-c4ccccc43)s2)cc1. The molecule has 3 heteroatoms. The van der Waals surface area contributed by atoms with E-state index in [1.54, 1.807) is 11.3 Å². The van der Waals surface area contributed by atoms with Gasteiger partial charge in [-0.2, -0.15) is 5.26 Å². The van der Waals surface area contributed by atoms with Crippen LogP contribution in [0.25, 0.3) is 32.0 Å². The number of nitriles is 1. The monoisotopic (exact) mass is 515 g/mol. The fourth-order valence-corrected chi connectivity index (χ4v) is 7.37. The Morgan fingerprint density at radius 2 is 1.10 bits per heavy atom. The average Bonchev–Trinajstić information content (AvgIpc) is 3.60. The van der Waals surface area contributed by atoms with Crippen LogP contribution < -0.4 is 4.74 Å². The number of fused-ring (bicyclic) bond motifs is 9. The van der Waals surface area contributed by atoms with Gasteiger partial charge in [-0.15, -0.1) is 11.3 Å². The molecule has 39 heavy (non-hydrogen) atoms. The van der Waals surface area contributed by atoms with E-state index in [9.17, 15) is 0 Å². The van der Waals surface area contributed by atoms with Crippen molar-refractivity contribution in [2.75, 3.05) is 0 Å².